The second-order valence-corrected chi connectivity index (χ2v) is 7.03. The van der Waals surface area contributed by atoms with Crippen LogP contribution in [0.1, 0.15) is 29.3 Å². The van der Waals surface area contributed by atoms with Crippen LogP contribution < -0.4 is 11.1 Å². The first-order chi connectivity index (χ1) is 13.6. The first-order valence-corrected chi connectivity index (χ1v) is 9.15. The zero-order valence-corrected chi connectivity index (χ0v) is 16.1. The molecule has 0 saturated carbocycles. The summed E-state index contributed by atoms with van der Waals surface area (Å²) >= 11 is 5.89. The molecule has 1 heterocycles. The second-order valence-electron chi connectivity index (χ2n) is 6.66. The minimum absolute atomic E-state index is 0.226. The van der Waals surface area contributed by atoms with Crippen LogP contribution in [-0.4, -0.2) is 23.4 Å². The molecule has 1 unspecified atom stereocenters. The lowest BCUT2D eigenvalue weighted by atomic mass is 10.0. The van der Waals surface area contributed by atoms with E-state index in [4.69, 9.17) is 17.3 Å². The van der Waals surface area contributed by atoms with Crippen LogP contribution in [0.25, 0.3) is 0 Å². The maximum absolute atomic E-state index is 13.1. The quantitative estimate of drug-likeness (QED) is 0.676. The molecule has 0 saturated heterocycles. The zero-order valence-electron chi connectivity index (χ0n) is 15.4. The van der Waals surface area contributed by atoms with Crippen molar-refractivity contribution < 1.29 is 22.4 Å². The summed E-state index contributed by atoms with van der Waals surface area (Å²) in [6, 6.07) is 8.40. The highest BCUT2D eigenvalue weighted by molar-refractivity contribution is 6.34. The molecule has 29 heavy (non-hydrogen) atoms. The van der Waals surface area contributed by atoms with E-state index in [0.717, 1.165) is 12.1 Å². The minimum Gasteiger partial charge on any atom is -0.399 e. The highest BCUT2D eigenvalue weighted by Crippen LogP contribution is 2.37. The van der Waals surface area contributed by atoms with E-state index in [1.165, 1.54) is 23.1 Å². The molecule has 2 aromatic carbocycles. The van der Waals surface area contributed by atoms with Crippen molar-refractivity contribution in [3.8, 4) is 0 Å². The van der Waals surface area contributed by atoms with Gasteiger partial charge in [-0.1, -0.05) is 17.7 Å². The third kappa shape index (κ3) is 4.32. The van der Waals surface area contributed by atoms with Crippen molar-refractivity contribution in [3.63, 3.8) is 0 Å². The van der Waals surface area contributed by atoms with Gasteiger partial charge in [0.15, 0.2) is 0 Å². The van der Waals surface area contributed by atoms with Crippen molar-refractivity contribution in [2.45, 2.75) is 25.6 Å². The van der Waals surface area contributed by atoms with Gasteiger partial charge in [-0.3, -0.25) is 4.79 Å². The number of rotatable bonds is 3. The molecule has 1 aliphatic rings. The summed E-state index contributed by atoms with van der Waals surface area (Å²) in [5.74, 6) is -0.998. The Kier molecular flexibility index (Phi) is 5.75. The van der Waals surface area contributed by atoms with Crippen molar-refractivity contribution in [2.24, 2.45) is 5.73 Å². The highest BCUT2D eigenvalue weighted by atomic mass is 35.5. The van der Waals surface area contributed by atoms with E-state index in [9.17, 15) is 22.4 Å². The summed E-state index contributed by atoms with van der Waals surface area (Å²) in [5, 5.41) is 2.47. The standard InChI is InChI=1S/C20H18ClF4N3O/c1-11-18(26)16(27-13-7-5-12(22)6-8-13)9-10-28(11)19(29)14-3-2-4-15(17(14)21)20(23,24)25/h2-8,11,27H,9-10,26H2,1H3. The van der Waals surface area contributed by atoms with Crippen LogP contribution in [0.4, 0.5) is 23.2 Å². The smallest absolute Gasteiger partial charge is 0.399 e. The Hall–Kier alpha value is -2.74. The Morgan fingerprint density at radius 2 is 1.86 bits per heavy atom. The van der Waals surface area contributed by atoms with E-state index >= 15 is 0 Å². The van der Waals surface area contributed by atoms with Crippen LogP contribution in [0.2, 0.25) is 5.02 Å². The number of carbonyl (C=O) groups is 1. The molecular formula is C20H18ClF4N3O. The first kappa shape index (κ1) is 21.0. The van der Waals surface area contributed by atoms with Crippen molar-refractivity contribution in [1.82, 2.24) is 4.90 Å². The molecule has 2 aromatic rings. The van der Waals surface area contributed by atoms with E-state index < -0.39 is 28.7 Å². The third-order valence-corrected chi connectivity index (χ3v) is 5.21. The fraction of sp³-hybridized carbons (Fsp3) is 0.250. The van der Waals surface area contributed by atoms with Crippen molar-refractivity contribution in [1.29, 1.82) is 0 Å². The summed E-state index contributed by atoms with van der Waals surface area (Å²) < 4.78 is 52.3. The normalized spacial score (nSPS) is 17.4. The fourth-order valence-electron chi connectivity index (χ4n) is 3.18. The average molecular weight is 428 g/mol. The Balaban J connectivity index is 1.84. The van der Waals surface area contributed by atoms with Crippen LogP contribution in [0.15, 0.2) is 53.9 Å². The monoisotopic (exact) mass is 427 g/mol. The Morgan fingerprint density at radius 1 is 1.21 bits per heavy atom. The van der Waals surface area contributed by atoms with Crippen LogP contribution in [0, 0.1) is 5.82 Å². The van der Waals surface area contributed by atoms with Gasteiger partial charge in [-0.15, -0.1) is 0 Å². The van der Waals surface area contributed by atoms with Crippen molar-refractivity contribution in [3.05, 3.63) is 75.8 Å². The minimum atomic E-state index is -4.66. The number of hydrogen-bond acceptors (Lipinski definition) is 3. The van der Waals surface area contributed by atoms with E-state index in [2.05, 4.69) is 5.32 Å². The maximum atomic E-state index is 13.1. The fourth-order valence-corrected chi connectivity index (χ4v) is 3.49. The molecule has 1 atom stereocenters. The van der Waals surface area contributed by atoms with E-state index in [1.54, 1.807) is 19.1 Å². The molecule has 4 nitrogen and oxygen atoms in total. The number of halogens is 5. The third-order valence-electron chi connectivity index (χ3n) is 4.80. The van der Waals surface area contributed by atoms with E-state index in [0.29, 0.717) is 23.5 Å². The average Bonchev–Trinajstić information content (AvgIpc) is 2.66. The lowest BCUT2D eigenvalue weighted by Gasteiger charge is -2.36. The number of hydrogen-bond donors (Lipinski definition) is 2. The molecule has 1 aliphatic heterocycles. The summed E-state index contributed by atoms with van der Waals surface area (Å²) in [6.45, 7) is 1.91. The van der Waals surface area contributed by atoms with Crippen LogP contribution in [0.3, 0.4) is 0 Å². The SMILES string of the molecule is CC1C(N)=C(Nc2ccc(F)cc2)CCN1C(=O)c1cccc(C(F)(F)F)c1Cl. The summed E-state index contributed by atoms with van der Waals surface area (Å²) in [6.07, 6.45) is -4.30. The second kappa shape index (κ2) is 7.94. The van der Waals surface area contributed by atoms with Crippen molar-refractivity contribution in [2.75, 3.05) is 11.9 Å². The van der Waals surface area contributed by atoms with Gasteiger partial charge in [-0.05, 0) is 43.3 Å². The molecule has 0 aromatic heterocycles. The van der Waals surface area contributed by atoms with Gasteiger partial charge in [-0.25, -0.2) is 4.39 Å². The molecule has 3 N–H and O–H groups in total. The van der Waals surface area contributed by atoms with Gasteiger partial charge < -0.3 is 16.0 Å². The Labute approximate surface area is 169 Å². The van der Waals surface area contributed by atoms with Gasteiger partial charge in [0.05, 0.1) is 27.9 Å². The predicted molar refractivity (Wildman–Crippen MR) is 103 cm³/mol. The number of amides is 1. The number of anilines is 1. The van der Waals surface area contributed by atoms with Crippen LogP contribution in [-0.2, 0) is 6.18 Å². The molecular weight excluding hydrogens is 410 g/mol. The van der Waals surface area contributed by atoms with Gasteiger partial charge >= 0.3 is 6.18 Å². The van der Waals surface area contributed by atoms with Gasteiger partial charge in [-0.2, -0.15) is 13.2 Å². The molecule has 0 aliphatic carbocycles. The number of alkyl halides is 3. The Morgan fingerprint density at radius 3 is 2.48 bits per heavy atom. The summed E-state index contributed by atoms with van der Waals surface area (Å²) in [4.78, 5) is 14.3. The number of nitrogens with zero attached hydrogens (tertiary/aromatic N) is 1. The van der Waals surface area contributed by atoms with Crippen molar-refractivity contribution >= 4 is 23.2 Å². The predicted octanol–water partition coefficient (Wildman–Crippen LogP) is 5.01. The summed E-state index contributed by atoms with van der Waals surface area (Å²) in [7, 11) is 0. The largest absolute Gasteiger partial charge is 0.417 e. The molecule has 0 bridgehead atoms. The lowest BCUT2D eigenvalue weighted by molar-refractivity contribution is -0.137. The van der Waals surface area contributed by atoms with E-state index in [1.807, 2.05) is 0 Å². The Bertz CT molecular complexity index is 957. The van der Waals surface area contributed by atoms with Gasteiger partial charge in [0, 0.05) is 24.4 Å². The molecule has 9 heteroatoms. The molecule has 3 rings (SSSR count). The zero-order chi connectivity index (χ0) is 21.3. The maximum Gasteiger partial charge on any atom is 0.417 e. The summed E-state index contributed by atoms with van der Waals surface area (Å²) in [5.41, 5.74) is 6.57. The van der Waals surface area contributed by atoms with Gasteiger partial charge in [0.25, 0.3) is 5.91 Å². The topological polar surface area (TPSA) is 58.4 Å². The van der Waals surface area contributed by atoms with Gasteiger partial charge in [0.1, 0.15) is 5.82 Å². The van der Waals surface area contributed by atoms with Gasteiger partial charge in [0.2, 0.25) is 0 Å². The van der Waals surface area contributed by atoms with E-state index in [-0.39, 0.29) is 17.9 Å². The van der Waals surface area contributed by atoms with Crippen LogP contribution in [0.5, 0.6) is 0 Å². The number of nitrogens with two attached hydrogens (primary N) is 1. The number of benzene rings is 2. The molecule has 0 spiro atoms. The molecule has 0 radical (unpaired) electrons. The lowest BCUT2D eigenvalue weighted by Crippen LogP contribution is -2.46. The molecule has 0 fully saturated rings. The molecule has 1 amide bonds. The first-order valence-electron chi connectivity index (χ1n) is 8.77. The highest BCUT2D eigenvalue weighted by Gasteiger charge is 2.36. The number of nitrogens with one attached hydrogen (secondary N) is 1. The molecule has 154 valence electrons. The van der Waals surface area contributed by atoms with Crippen LogP contribution >= 0.6 is 11.6 Å². The number of carbonyl (C=O) groups excluding carboxylic acids is 1.